The summed E-state index contributed by atoms with van der Waals surface area (Å²) >= 11 is 5.49. The number of aliphatic hydroxyl groups excluding tert-OH is 1. The van der Waals surface area contributed by atoms with Crippen molar-refractivity contribution < 1.29 is 24.2 Å². The van der Waals surface area contributed by atoms with Gasteiger partial charge in [0.1, 0.15) is 11.8 Å². The van der Waals surface area contributed by atoms with Gasteiger partial charge in [-0.05, 0) is 74.2 Å². The SMILES string of the molecule is C=CCN(C(=O)[C@H]1[C@H]2C(=O)N([C@H](CO)c3ccccc3)C(C(=O)N(CC=C)c3cc(C)ccc3C)C23CC(Br)[C@@H]1S3)c1ccc(OCC)cc1. The van der Waals surface area contributed by atoms with Crippen molar-refractivity contribution >= 4 is 56.8 Å². The summed E-state index contributed by atoms with van der Waals surface area (Å²) in [7, 11) is 0. The summed E-state index contributed by atoms with van der Waals surface area (Å²) in [6.45, 7) is 14.4. The van der Waals surface area contributed by atoms with Crippen molar-refractivity contribution in [2.24, 2.45) is 11.8 Å². The molecule has 3 aliphatic heterocycles. The van der Waals surface area contributed by atoms with Crippen LogP contribution in [0.5, 0.6) is 5.75 Å². The maximum Gasteiger partial charge on any atom is 0.251 e. The molecule has 0 aliphatic carbocycles. The Labute approximate surface area is 307 Å². The van der Waals surface area contributed by atoms with Crippen molar-refractivity contribution in [3.63, 3.8) is 0 Å². The number of hydrogen-bond donors (Lipinski definition) is 1. The van der Waals surface area contributed by atoms with Gasteiger partial charge in [0.05, 0.1) is 35.8 Å². The fourth-order valence-electron chi connectivity index (χ4n) is 8.11. The fraction of sp³-hybridized carbons (Fsp3) is 0.375. The first-order valence-corrected chi connectivity index (χ1v) is 18.9. The Morgan fingerprint density at radius 3 is 2.36 bits per heavy atom. The third-order valence-electron chi connectivity index (χ3n) is 10.2. The molecular formula is C40H44BrN3O5S. The number of hydrogen-bond acceptors (Lipinski definition) is 6. The fourth-order valence-corrected chi connectivity index (χ4v) is 11.7. The van der Waals surface area contributed by atoms with Crippen molar-refractivity contribution in [1.82, 2.24) is 4.90 Å². The third-order valence-corrected chi connectivity index (χ3v) is 13.4. The Hall–Kier alpha value is -3.86. The van der Waals surface area contributed by atoms with Crippen LogP contribution in [0, 0.1) is 25.7 Å². The van der Waals surface area contributed by atoms with E-state index in [4.69, 9.17) is 4.74 Å². The van der Waals surface area contributed by atoms with Gasteiger partial charge in [0, 0.05) is 34.5 Å². The molecule has 3 aromatic carbocycles. The lowest BCUT2D eigenvalue weighted by Gasteiger charge is -2.40. The Balaban J connectivity index is 1.49. The summed E-state index contributed by atoms with van der Waals surface area (Å²) in [5.74, 6) is -1.54. The molecule has 1 N–H and O–H groups in total. The van der Waals surface area contributed by atoms with Gasteiger partial charge in [-0.25, -0.2) is 0 Å². The summed E-state index contributed by atoms with van der Waals surface area (Å²) in [5, 5.41) is 10.7. The highest BCUT2D eigenvalue weighted by Gasteiger charge is 2.76. The van der Waals surface area contributed by atoms with E-state index < -0.39 is 28.7 Å². The molecule has 1 spiro atoms. The van der Waals surface area contributed by atoms with Crippen LogP contribution in [-0.2, 0) is 14.4 Å². The van der Waals surface area contributed by atoms with Gasteiger partial charge < -0.3 is 24.5 Å². The lowest BCUT2D eigenvalue weighted by molar-refractivity contribution is -0.142. The number of carbonyl (C=O) groups is 3. The van der Waals surface area contributed by atoms with E-state index in [1.807, 2.05) is 93.6 Å². The molecule has 3 fully saturated rings. The number of likely N-dealkylation sites (tertiary alicyclic amines) is 1. The Bertz CT molecular complexity index is 1770. The van der Waals surface area contributed by atoms with Crippen LogP contribution in [0.1, 0.15) is 36.1 Å². The molecule has 0 aromatic heterocycles. The number of carbonyl (C=O) groups excluding carboxylic acids is 3. The first-order valence-electron chi connectivity index (χ1n) is 17.1. The number of halogens is 1. The van der Waals surface area contributed by atoms with Crippen LogP contribution in [0.3, 0.4) is 0 Å². The summed E-state index contributed by atoms with van der Waals surface area (Å²) in [6, 6.07) is 20.9. The van der Waals surface area contributed by atoms with Crippen LogP contribution >= 0.6 is 27.7 Å². The molecule has 8 nitrogen and oxygen atoms in total. The van der Waals surface area contributed by atoms with Crippen LogP contribution in [0.15, 0.2) is 98.1 Å². The van der Waals surface area contributed by atoms with E-state index in [9.17, 15) is 9.90 Å². The standard InChI is InChI=1S/C40H44BrN3O5S/c1-6-20-42(28-16-18-29(19-17-28)49-8-3)37(46)33-34-38(47)44(32(24-45)27-12-10-9-11-13-27)36(40(34)23-30(41)35(33)50-40)39(48)43(21-7-2)31-22-25(4)14-15-26(31)5/h6-7,9-19,22,30,32-36,45H,1-2,8,20-21,23-24H2,3-5H3/t30?,32-,33+,34+,35+,36?,40?/m1/s1. The van der Waals surface area contributed by atoms with E-state index in [0.717, 1.165) is 22.4 Å². The molecule has 7 atom stereocenters. The van der Waals surface area contributed by atoms with E-state index in [2.05, 4.69) is 29.1 Å². The zero-order chi connectivity index (χ0) is 35.7. The number of anilines is 2. The Morgan fingerprint density at radius 1 is 1.04 bits per heavy atom. The summed E-state index contributed by atoms with van der Waals surface area (Å²) in [5.41, 5.74) is 4.06. The molecule has 3 aromatic rings. The second-order valence-electron chi connectivity index (χ2n) is 13.2. The van der Waals surface area contributed by atoms with E-state index in [-0.39, 0.29) is 47.5 Å². The number of aliphatic hydroxyl groups is 1. The summed E-state index contributed by atoms with van der Waals surface area (Å²) < 4.78 is 4.71. The Morgan fingerprint density at radius 2 is 1.72 bits per heavy atom. The average molecular weight is 759 g/mol. The number of nitrogens with zero attached hydrogens (tertiary/aromatic N) is 3. The molecule has 3 aliphatic rings. The van der Waals surface area contributed by atoms with Crippen LogP contribution in [0.25, 0.3) is 0 Å². The number of benzene rings is 3. The van der Waals surface area contributed by atoms with Crippen molar-refractivity contribution in [2.45, 2.75) is 54.1 Å². The number of fused-ring (bicyclic) bond motifs is 1. The van der Waals surface area contributed by atoms with E-state index in [0.29, 0.717) is 24.5 Å². The van der Waals surface area contributed by atoms with E-state index in [1.165, 1.54) is 0 Å². The maximum atomic E-state index is 15.3. The van der Waals surface area contributed by atoms with Gasteiger partial charge in [-0.3, -0.25) is 14.4 Å². The molecule has 50 heavy (non-hydrogen) atoms. The minimum atomic E-state index is -0.955. The topological polar surface area (TPSA) is 90.4 Å². The number of ether oxygens (including phenoxy) is 1. The normalized spacial score (nSPS) is 25.6. The minimum Gasteiger partial charge on any atom is -0.494 e. The molecule has 3 amide bonds. The van der Waals surface area contributed by atoms with Gasteiger partial charge >= 0.3 is 0 Å². The molecule has 2 bridgehead atoms. The lowest BCUT2D eigenvalue weighted by Crippen LogP contribution is -2.56. The summed E-state index contributed by atoms with van der Waals surface area (Å²) in [6.07, 6.45) is 3.89. The molecule has 262 valence electrons. The van der Waals surface area contributed by atoms with Gasteiger partial charge in [-0.15, -0.1) is 24.9 Å². The highest BCUT2D eigenvalue weighted by molar-refractivity contribution is 9.09. The largest absolute Gasteiger partial charge is 0.494 e. The minimum absolute atomic E-state index is 0.121. The lowest BCUT2D eigenvalue weighted by atomic mass is 9.70. The number of aryl methyl sites for hydroxylation is 2. The summed E-state index contributed by atoms with van der Waals surface area (Å²) in [4.78, 5) is 50.2. The van der Waals surface area contributed by atoms with Gasteiger partial charge in [0.25, 0.3) is 5.91 Å². The highest BCUT2D eigenvalue weighted by atomic mass is 79.9. The monoisotopic (exact) mass is 757 g/mol. The quantitative estimate of drug-likeness (QED) is 0.156. The molecule has 0 saturated carbocycles. The van der Waals surface area contributed by atoms with Crippen molar-refractivity contribution in [3.8, 4) is 5.75 Å². The predicted molar refractivity (Wildman–Crippen MR) is 204 cm³/mol. The van der Waals surface area contributed by atoms with Crippen LogP contribution < -0.4 is 14.5 Å². The molecule has 6 rings (SSSR count). The third kappa shape index (κ3) is 6.09. The van der Waals surface area contributed by atoms with E-state index >= 15 is 9.59 Å². The Kier molecular flexibility index (Phi) is 10.6. The molecule has 10 heteroatoms. The van der Waals surface area contributed by atoms with Gasteiger partial charge in [0.15, 0.2) is 0 Å². The zero-order valence-electron chi connectivity index (χ0n) is 28.7. The number of alkyl halides is 1. The first kappa shape index (κ1) is 35.9. The van der Waals surface area contributed by atoms with Crippen LogP contribution in [-0.4, -0.2) is 74.9 Å². The molecule has 3 saturated heterocycles. The van der Waals surface area contributed by atoms with Gasteiger partial charge in [-0.2, -0.15) is 0 Å². The molecule has 0 radical (unpaired) electrons. The number of rotatable bonds is 13. The van der Waals surface area contributed by atoms with Crippen LogP contribution in [0.4, 0.5) is 11.4 Å². The average Bonchev–Trinajstić information content (AvgIpc) is 3.71. The second kappa shape index (κ2) is 14.8. The maximum absolute atomic E-state index is 15.3. The molecule has 3 unspecified atom stereocenters. The molecule has 3 heterocycles. The number of thioether (sulfide) groups is 1. The highest BCUT2D eigenvalue weighted by Crippen LogP contribution is 2.69. The second-order valence-corrected chi connectivity index (χ2v) is 15.9. The van der Waals surface area contributed by atoms with Crippen molar-refractivity contribution in [2.75, 3.05) is 36.1 Å². The van der Waals surface area contributed by atoms with Gasteiger partial charge in [-0.1, -0.05) is 70.5 Å². The van der Waals surface area contributed by atoms with Crippen LogP contribution in [0.2, 0.25) is 0 Å². The van der Waals surface area contributed by atoms with E-state index in [1.54, 1.807) is 38.6 Å². The smallest absolute Gasteiger partial charge is 0.251 e. The van der Waals surface area contributed by atoms with Crippen molar-refractivity contribution in [1.29, 1.82) is 0 Å². The first-order chi connectivity index (χ1) is 24.1. The predicted octanol–water partition coefficient (Wildman–Crippen LogP) is 6.64. The van der Waals surface area contributed by atoms with Crippen molar-refractivity contribution in [3.05, 3.63) is 115 Å². The van der Waals surface area contributed by atoms with Gasteiger partial charge in [0.2, 0.25) is 11.8 Å². The zero-order valence-corrected chi connectivity index (χ0v) is 31.1. The molecular weight excluding hydrogens is 714 g/mol. The number of amides is 3.